The number of nitrogens with one attached hydrogen (secondary N) is 1. The first-order chi connectivity index (χ1) is 3.39. The van der Waals surface area contributed by atoms with Crippen molar-refractivity contribution >= 4 is 0 Å². The molecule has 0 bridgehead atoms. The van der Waals surface area contributed by atoms with E-state index in [0.29, 0.717) is 6.61 Å². The zero-order chi connectivity index (χ0) is 5.11. The molecule has 0 aliphatic carbocycles. The molecule has 1 rings (SSSR count). The topological polar surface area (TPSA) is 21.3 Å². The van der Waals surface area contributed by atoms with Gasteiger partial charge in [0.2, 0.25) is 0 Å². The van der Waals surface area contributed by atoms with E-state index in [1.807, 2.05) is 0 Å². The normalized spacial score (nSPS) is 21.6. The third-order valence-electron chi connectivity index (χ3n) is 0.731. The van der Waals surface area contributed by atoms with Gasteiger partial charge in [0, 0.05) is 0 Å². The van der Waals surface area contributed by atoms with Gasteiger partial charge >= 0.3 is 0 Å². The lowest BCUT2D eigenvalue weighted by atomic mass is 10.4. The molecule has 0 spiro atoms. The fraction of sp³-hybridized carbons (Fsp3) is 0.500. The summed E-state index contributed by atoms with van der Waals surface area (Å²) in [6.45, 7) is 0.547. The number of hydrogen-bond donors (Lipinski definition) is 1. The van der Waals surface area contributed by atoms with Crippen molar-refractivity contribution in [3.05, 3.63) is 11.9 Å². The van der Waals surface area contributed by atoms with Crippen molar-refractivity contribution in [3.63, 3.8) is 0 Å². The molecule has 0 unspecified atom stereocenters. The highest BCUT2D eigenvalue weighted by atomic mass is 19.1. The van der Waals surface area contributed by atoms with Crippen LogP contribution in [-0.2, 0) is 4.84 Å². The molecule has 0 aromatic heterocycles. The van der Waals surface area contributed by atoms with Crippen molar-refractivity contribution in [3.8, 4) is 0 Å². The fourth-order valence-electron chi connectivity index (χ4n) is 0.383. The van der Waals surface area contributed by atoms with Crippen LogP contribution in [0.1, 0.15) is 0 Å². The molecule has 1 aliphatic heterocycles. The molecule has 1 heterocycles. The summed E-state index contributed by atoms with van der Waals surface area (Å²) in [5.74, 6) is -0.147. The summed E-state index contributed by atoms with van der Waals surface area (Å²) in [6.07, 6.45) is 1.40. The van der Waals surface area contributed by atoms with E-state index in [2.05, 4.69) is 10.3 Å². The van der Waals surface area contributed by atoms with E-state index in [0.717, 1.165) is 0 Å². The van der Waals surface area contributed by atoms with Gasteiger partial charge in [-0.2, -0.15) is 5.48 Å². The van der Waals surface area contributed by atoms with Crippen molar-refractivity contribution in [2.24, 2.45) is 0 Å². The predicted octanol–water partition coefficient (Wildman–Crippen LogP) is 0.375. The standard InChI is InChI=1S/C4H6FNO/c5-4-1-2-7-6-3-4/h1,6H,2-3H2. The first-order valence-electron chi connectivity index (χ1n) is 2.09. The van der Waals surface area contributed by atoms with Crippen LogP contribution in [0.15, 0.2) is 11.9 Å². The van der Waals surface area contributed by atoms with E-state index >= 15 is 0 Å². The Bertz CT molecular complexity index is 91.7. The van der Waals surface area contributed by atoms with Gasteiger partial charge < -0.3 is 0 Å². The van der Waals surface area contributed by atoms with Crippen LogP contribution < -0.4 is 5.48 Å². The summed E-state index contributed by atoms with van der Waals surface area (Å²) in [6, 6.07) is 0. The molecule has 1 aliphatic rings. The zero-order valence-electron chi connectivity index (χ0n) is 3.78. The third kappa shape index (κ3) is 1.25. The van der Waals surface area contributed by atoms with Crippen molar-refractivity contribution in [2.75, 3.05) is 13.2 Å². The number of rotatable bonds is 0. The van der Waals surface area contributed by atoms with E-state index in [1.165, 1.54) is 6.08 Å². The minimum atomic E-state index is -0.147. The number of halogens is 1. The number of hydroxylamine groups is 1. The molecule has 7 heavy (non-hydrogen) atoms. The Morgan fingerprint density at radius 1 is 1.86 bits per heavy atom. The zero-order valence-corrected chi connectivity index (χ0v) is 3.78. The molecule has 0 aromatic carbocycles. The van der Waals surface area contributed by atoms with Crippen LogP contribution in [0.25, 0.3) is 0 Å². The Morgan fingerprint density at radius 2 is 2.71 bits per heavy atom. The maximum Gasteiger partial charge on any atom is 0.114 e. The second-order valence-electron chi connectivity index (χ2n) is 1.28. The van der Waals surface area contributed by atoms with E-state index in [9.17, 15) is 4.39 Å². The van der Waals surface area contributed by atoms with E-state index < -0.39 is 0 Å². The quantitative estimate of drug-likeness (QED) is 0.478. The van der Waals surface area contributed by atoms with Crippen LogP contribution in [-0.4, -0.2) is 13.2 Å². The smallest absolute Gasteiger partial charge is 0.114 e. The SMILES string of the molecule is FC1=CCONC1. The summed E-state index contributed by atoms with van der Waals surface area (Å²) in [4.78, 5) is 4.57. The van der Waals surface area contributed by atoms with Gasteiger partial charge in [0.15, 0.2) is 0 Å². The molecule has 0 amide bonds. The first-order valence-corrected chi connectivity index (χ1v) is 2.09. The minimum absolute atomic E-state index is 0.147. The summed E-state index contributed by atoms with van der Waals surface area (Å²) in [7, 11) is 0. The van der Waals surface area contributed by atoms with Gasteiger partial charge in [0.05, 0.1) is 13.2 Å². The van der Waals surface area contributed by atoms with Crippen LogP contribution in [0.5, 0.6) is 0 Å². The Balaban J connectivity index is 2.40. The minimum Gasteiger partial charge on any atom is -0.297 e. The van der Waals surface area contributed by atoms with Crippen molar-refractivity contribution < 1.29 is 9.23 Å². The van der Waals surface area contributed by atoms with Crippen LogP contribution in [0.3, 0.4) is 0 Å². The lowest BCUT2D eigenvalue weighted by Crippen LogP contribution is -2.20. The molecule has 0 aromatic rings. The van der Waals surface area contributed by atoms with Crippen molar-refractivity contribution in [1.29, 1.82) is 0 Å². The maximum atomic E-state index is 11.9. The van der Waals surface area contributed by atoms with Crippen molar-refractivity contribution in [2.45, 2.75) is 0 Å². The predicted molar refractivity (Wildman–Crippen MR) is 23.1 cm³/mol. The van der Waals surface area contributed by atoms with Gasteiger partial charge in [0.25, 0.3) is 0 Å². The lowest BCUT2D eigenvalue weighted by molar-refractivity contribution is 0.0534. The highest BCUT2D eigenvalue weighted by molar-refractivity contribution is 4.94. The van der Waals surface area contributed by atoms with Gasteiger partial charge in [-0.3, -0.25) is 4.84 Å². The second kappa shape index (κ2) is 2.04. The maximum absolute atomic E-state index is 11.9. The van der Waals surface area contributed by atoms with E-state index in [1.54, 1.807) is 0 Å². The molecule has 0 saturated heterocycles. The summed E-state index contributed by atoms with van der Waals surface area (Å²) in [5.41, 5.74) is 2.39. The van der Waals surface area contributed by atoms with Crippen molar-refractivity contribution in [1.82, 2.24) is 5.48 Å². The molecule has 0 saturated carbocycles. The average Bonchev–Trinajstić information content (AvgIpc) is 1.69. The summed E-state index contributed by atoms with van der Waals surface area (Å²) in [5, 5.41) is 0. The molecular formula is C4H6FNO. The molecule has 0 atom stereocenters. The molecule has 0 fully saturated rings. The summed E-state index contributed by atoms with van der Waals surface area (Å²) >= 11 is 0. The monoisotopic (exact) mass is 103 g/mol. The molecule has 2 nitrogen and oxygen atoms in total. The second-order valence-corrected chi connectivity index (χ2v) is 1.28. The largest absolute Gasteiger partial charge is 0.297 e. The van der Waals surface area contributed by atoms with Crippen LogP contribution in [0.2, 0.25) is 0 Å². The molecule has 3 heteroatoms. The van der Waals surface area contributed by atoms with Gasteiger partial charge in [-0.25, -0.2) is 4.39 Å². The molecular weight excluding hydrogens is 97.0 g/mol. The van der Waals surface area contributed by atoms with Gasteiger partial charge in [-0.05, 0) is 6.08 Å². The molecule has 40 valence electrons. The highest BCUT2D eigenvalue weighted by Crippen LogP contribution is 1.96. The van der Waals surface area contributed by atoms with Crippen LogP contribution >= 0.6 is 0 Å². The Morgan fingerprint density at radius 3 is 3.00 bits per heavy atom. The van der Waals surface area contributed by atoms with E-state index in [4.69, 9.17) is 0 Å². The van der Waals surface area contributed by atoms with Gasteiger partial charge in [-0.15, -0.1) is 0 Å². The fourth-order valence-corrected chi connectivity index (χ4v) is 0.383. The molecule has 0 radical (unpaired) electrons. The van der Waals surface area contributed by atoms with Gasteiger partial charge in [0.1, 0.15) is 5.83 Å². The number of hydrogen-bond acceptors (Lipinski definition) is 2. The van der Waals surface area contributed by atoms with Gasteiger partial charge in [-0.1, -0.05) is 0 Å². The average molecular weight is 103 g/mol. The lowest BCUT2D eigenvalue weighted by Gasteiger charge is -2.06. The Kier molecular flexibility index (Phi) is 1.38. The van der Waals surface area contributed by atoms with E-state index in [-0.39, 0.29) is 12.4 Å². The highest BCUT2D eigenvalue weighted by Gasteiger charge is 1.97. The first kappa shape index (κ1) is 4.74. The third-order valence-corrected chi connectivity index (χ3v) is 0.731. The molecule has 1 N–H and O–H groups in total. The van der Waals surface area contributed by atoms with Crippen LogP contribution in [0, 0.1) is 0 Å². The van der Waals surface area contributed by atoms with Crippen LogP contribution in [0.4, 0.5) is 4.39 Å². The Labute approximate surface area is 40.9 Å². The summed E-state index contributed by atoms with van der Waals surface area (Å²) < 4.78 is 11.9. The Hall–Kier alpha value is -0.410.